The van der Waals surface area contributed by atoms with Crippen LogP contribution in [0.3, 0.4) is 0 Å². The normalized spacial score (nSPS) is 13.2. The maximum atomic E-state index is 13.3. The average Bonchev–Trinajstić information content (AvgIpc) is 2.89. The third kappa shape index (κ3) is 8.54. The third-order valence-corrected chi connectivity index (χ3v) is 7.31. The zero-order valence-corrected chi connectivity index (χ0v) is 23.4. The molecule has 2 amide bonds. The number of unbranched alkanes of at least 4 members (excludes halogenated alkanes) is 9. The van der Waals surface area contributed by atoms with Crippen molar-refractivity contribution in [3.8, 4) is 0 Å². The number of nitrogens with zero attached hydrogens (tertiary/aromatic N) is 2. The molecule has 0 fully saturated rings. The quantitative estimate of drug-likeness (QED) is 0.172. The molecule has 1 aliphatic rings. The zero-order valence-electron chi connectivity index (χ0n) is 23.4. The lowest BCUT2D eigenvalue weighted by atomic mass is 9.93. The molecule has 2 N–H and O–H groups in total. The predicted molar refractivity (Wildman–Crippen MR) is 156 cm³/mol. The van der Waals surface area contributed by atoms with E-state index in [1.807, 2.05) is 44.4 Å². The molecule has 204 valence electrons. The van der Waals surface area contributed by atoms with Gasteiger partial charge in [0.2, 0.25) is 0 Å². The van der Waals surface area contributed by atoms with Gasteiger partial charge in [0.1, 0.15) is 0 Å². The second-order valence-electron chi connectivity index (χ2n) is 10.7. The number of amides is 2. The lowest BCUT2D eigenvalue weighted by Crippen LogP contribution is -2.41. The maximum Gasteiger partial charge on any atom is 0.261 e. The van der Waals surface area contributed by atoms with Crippen LogP contribution in [0.1, 0.15) is 98.3 Å². The van der Waals surface area contributed by atoms with Crippen LogP contribution in [-0.2, 0) is 0 Å². The van der Waals surface area contributed by atoms with Gasteiger partial charge >= 0.3 is 0 Å². The number of hydrogen-bond donors (Lipinski definition) is 2. The molecule has 0 saturated heterocycles. The summed E-state index contributed by atoms with van der Waals surface area (Å²) in [5.74, 6) is -0.355. The van der Waals surface area contributed by atoms with E-state index in [9.17, 15) is 9.59 Å². The van der Waals surface area contributed by atoms with E-state index >= 15 is 0 Å². The Hall–Kier alpha value is -2.44. The predicted octanol–water partition coefficient (Wildman–Crippen LogP) is 6.31. The van der Waals surface area contributed by atoms with Crippen LogP contribution in [0.25, 0.3) is 10.8 Å². The van der Waals surface area contributed by atoms with Crippen molar-refractivity contribution in [2.24, 2.45) is 0 Å². The van der Waals surface area contributed by atoms with Crippen molar-refractivity contribution in [3.63, 3.8) is 0 Å². The van der Waals surface area contributed by atoms with Crippen molar-refractivity contribution < 1.29 is 9.59 Å². The van der Waals surface area contributed by atoms with Crippen molar-refractivity contribution in [2.45, 2.75) is 77.6 Å². The molecule has 0 bridgehead atoms. The van der Waals surface area contributed by atoms with E-state index in [1.165, 1.54) is 62.7 Å². The molecule has 0 aromatic heterocycles. The van der Waals surface area contributed by atoms with Crippen LogP contribution in [0.2, 0.25) is 0 Å². The van der Waals surface area contributed by atoms with E-state index in [-0.39, 0.29) is 11.8 Å². The number of benzene rings is 2. The van der Waals surface area contributed by atoms with Crippen LogP contribution in [0, 0.1) is 0 Å². The number of anilines is 1. The molecule has 3 rings (SSSR count). The molecule has 6 nitrogen and oxygen atoms in total. The van der Waals surface area contributed by atoms with Crippen molar-refractivity contribution in [3.05, 3.63) is 41.5 Å². The molecule has 2 aromatic carbocycles. The van der Waals surface area contributed by atoms with Gasteiger partial charge in [-0.15, -0.1) is 0 Å². The molecule has 0 atom stereocenters. The van der Waals surface area contributed by atoms with Crippen LogP contribution >= 0.6 is 0 Å². The highest BCUT2D eigenvalue weighted by atomic mass is 16.2. The Morgan fingerprint density at radius 1 is 0.730 bits per heavy atom. The number of rotatable bonds is 19. The largest absolute Gasteiger partial charge is 0.385 e. The molecular formula is C31H48N4O2. The van der Waals surface area contributed by atoms with Crippen LogP contribution in [0.5, 0.6) is 0 Å². The van der Waals surface area contributed by atoms with Gasteiger partial charge in [-0.25, -0.2) is 0 Å². The number of likely N-dealkylation sites (N-methyl/N-ethyl adjacent to an activating group) is 1. The average molecular weight is 509 g/mol. The minimum Gasteiger partial charge on any atom is -0.385 e. The van der Waals surface area contributed by atoms with Gasteiger partial charge in [0.25, 0.3) is 11.8 Å². The van der Waals surface area contributed by atoms with Crippen molar-refractivity contribution in [1.82, 2.24) is 15.1 Å². The van der Waals surface area contributed by atoms with Crippen LogP contribution in [0.4, 0.5) is 5.69 Å². The number of nitrogens with one attached hydrogen (secondary N) is 2. The molecule has 6 heteroatoms. The molecule has 37 heavy (non-hydrogen) atoms. The lowest BCUT2D eigenvalue weighted by molar-refractivity contribution is 0.0609. The molecule has 0 unspecified atom stereocenters. The molecule has 0 saturated carbocycles. The molecule has 0 aliphatic carbocycles. The molecule has 1 heterocycles. The SMILES string of the molecule is CCCCCCCCCCCCNc1ccc2c3c(cccc13)C(=O)N(CCCNCCN(C)C)C2=O. The fourth-order valence-corrected chi connectivity index (χ4v) is 5.13. The van der Waals surface area contributed by atoms with Gasteiger partial charge in [-0.2, -0.15) is 0 Å². The molecule has 0 spiro atoms. The van der Waals surface area contributed by atoms with Gasteiger partial charge in [-0.3, -0.25) is 14.5 Å². The second kappa shape index (κ2) is 15.7. The Morgan fingerprint density at radius 3 is 2.05 bits per heavy atom. The van der Waals surface area contributed by atoms with Gasteiger partial charge < -0.3 is 15.5 Å². The number of imide groups is 1. The fraction of sp³-hybridized carbons (Fsp3) is 0.613. The second-order valence-corrected chi connectivity index (χ2v) is 10.7. The summed E-state index contributed by atoms with van der Waals surface area (Å²) in [6, 6.07) is 9.71. The Bertz CT molecular complexity index is 982. The van der Waals surface area contributed by atoms with Gasteiger partial charge in [0.05, 0.1) is 0 Å². The van der Waals surface area contributed by atoms with Gasteiger partial charge in [-0.05, 0) is 51.7 Å². The van der Waals surface area contributed by atoms with Gasteiger partial charge in [0, 0.05) is 53.8 Å². The smallest absolute Gasteiger partial charge is 0.261 e. The molecule has 0 radical (unpaired) electrons. The Morgan fingerprint density at radius 2 is 1.38 bits per heavy atom. The van der Waals surface area contributed by atoms with Gasteiger partial charge in [-0.1, -0.05) is 76.8 Å². The number of carbonyl (C=O) groups excluding carboxylic acids is 2. The van der Waals surface area contributed by atoms with Crippen LogP contribution < -0.4 is 10.6 Å². The summed E-state index contributed by atoms with van der Waals surface area (Å²) in [4.78, 5) is 30.0. The summed E-state index contributed by atoms with van der Waals surface area (Å²) < 4.78 is 0. The van der Waals surface area contributed by atoms with Gasteiger partial charge in [0.15, 0.2) is 0 Å². The zero-order chi connectivity index (χ0) is 26.5. The Balaban J connectivity index is 1.49. The first-order valence-electron chi connectivity index (χ1n) is 14.6. The summed E-state index contributed by atoms with van der Waals surface area (Å²) in [7, 11) is 4.09. The fourth-order valence-electron chi connectivity index (χ4n) is 5.13. The Labute approximate surface area is 224 Å². The summed E-state index contributed by atoms with van der Waals surface area (Å²) in [6.07, 6.45) is 13.9. The van der Waals surface area contributed by atoms with E-state index in [2.05, 4.69) is 22.5 Å². The standard InChI is InChI=1S/C31H48N4O2/c1-4-5-6-7-8-9-10-11-12-13-21-33-28-19-18-27-29-25(28)16-14-17-26(29)30(36)35(31(27)37)23-15-20-32-22-24-34(2)3/h14,16-19,32-33H,4-13,15,20-24H2,1-3H3. The highest BCUT2D eigenvalue weighted by molar-refractivity contribution is 6.26. The Kier molecular flexibility index (Phi) is 12.4. The first-order chi connectivity index (χ1) is 18.0. The number of carbonyl (C=O) groups is 2. The third-order valence-electron chi connectivity index (χ3n) is 7.31. The van der Waals surface area contributed by atoms with E-state index in [4.69, 9.17) is 0 Å². The van der Waals surface area contributed by atoms with E-state index < -0.39 is 0 Å². The van der Waals surface area contributed by atoms with E-state index in [0.29, 0.717) is 17.7 Å². The highest BCUT2D eigenvalue weighted by Gasteiger charge is 2.32. The van der Waals surface area contributed by atoms with Crippen LogP contribution in [0.15, 0.2) is 30.3 Å². The van der Waals surface area contributed by atoms with E-state index in [1.54, 1.807) is 0 Å². The van der Waals surface area contributed by atoms with Crippen molar-refractivity contribution in [1.29, 1.82) is 0 Å². The topological polar surface area (TPSA) is 64.7 Å². The van der Waals surface area contributed by atoms with E-state index in [0.717, 1.165) is 55.5 Å². The molecule has 1 aliphatic heterocycles. The minimum absolute atomic E-state index is 0.178. The minimum atomic E-state index is -0.178. The first kappa shape index (κ1) is 29.1. The lowest BCUT2D eigenvalue weighted by Gasteiger charge is -2.28. The first-order valence-corrected chi connectivity index (χ1v) is 14.6. The van der Waals surface area contributed by atoms with Crippen LogP contribution in [-0.4, -0.2) is 68.4 Å². The summed E-state index contributed by atoms with van der Waals surface area (Å²) >= 11 is 0. The monoisotopic (exact) mass is 508 g/mol. The maximum absolute atomic E-state index is 13.3. The molecule has 2 aromatic rings. The number of hydrogen-bond acceptors (Lipinski definition) is 5. The molecular weight excluding hydrogens is 460 g/mol. The van der Waals surface area contributed by atoms with Crippen molar-refractivity contribution >= 4 is 28.3 Å². The highest BCUT2D eigenvalue weighted by Crippen LogP contribution is 2.34. The summed E-state index contributed by atoms with van der Waals surface area (Å²) in [6.45, 7) is 6.24. The van der Waals surface area contributed by atoms with Crippen molar-refractivity contribution in [2.75, 3.05) is 52.1 Å². The summed E-state index contributed by atoms with van der Waals surface area (Å²) in [5, 5.41) is 8.71. The summed E-state index contributed by atoms with van der Waals surface area (Å²) in [5.41, 5.74) is 2.28.